The molecule has 0 fully saturated rings. The molecule has 0 radical (unpaired) electrons. The summed E-state index contributed by atoms with van der Waals surface area (Å²) in [6, 6.07) is 11.7. The molecule has 0 bridgehead atoms. The topological polar surface area (TPSA) is 35.2 Å². The second-order valence-electron chi connectivity index (χ2n) is 4.28. The smallest absolute Gasteiger partial charge is 0.123 e. The summed E-state index contributed by atoms with van der Waals surface area (Å²) in [5.41, 5.74) is 7.87. The lowest BCUT2D eigenvalue weighted by molar-refractivity contribution is 0.107. The Morgan fingerprint density at radius 2 is 1.85 bits per heavy atom. The van der Waals surface area contributed by atoms with E-state index in [4.69, 9.17) is 34.3 Å². The van der Waals surface area contributed by atoms with E-state index in [0.29, 0.717) is 23.8 Å². The van der Waals surface area contributed by atoms with Gasteiger partial charge in [0.15, 0.2) is 0 Å². The number of ether oxygens (including phenoxy) is 1. The highest BCUT2D eigenvalue weighted by Gasteiger charge is 2.07. The Bertz CT molecular complexity index is 616. The van der Waals surface area contributed by atoms with Gasteiger partial charge in [-0.15, -0.1) is 0 Å². The maximum absolute atomic E-state index is 13.2. The predicted octanol–water partition coefficient (Wildman–Crippen LogP) is 3.83. The molecule has 0 unspecified atom stereocenters. The van der Waals surface area contributed by atoms with Crippen LogP contribution in [0.2, 0.25) is 5.02 Å². The zero-order valence-corrected chi connectivity index (χ0v) is 12.2. The number of halogens is 2. The first-order valence-electron chi connectivity index (χ1n) is 5.96. The molecule has 20 heavy (non-hydrogen) atoms. The summed E-state index contributed by atoms with van der Waals surface area (Å²) in [7, 11) is 0. The van der Waals surface area contributed by atoms with E-state index in [1.165, 1.54) is 12.1 Å². The van der Waals surface area contributed by atoms with Crippen LogP contribution in [-0.4, -0.2) is 4.99 Å². The molecule has 2 nitrogen and oxygen atoms in total. The van der Waals surface area contributed by atoms with Crippen molar-refractivity contribution < 1.29 is 9.13 Å². The van der Waals surface area contributed by atoms with Crippen molar-refractivity contribution in [1.82, 2.24) is 0 Å². The molecule has 0 heterocycles. The Labute approximate surface area is 127 Å². The van der Waals surface area contributed by atoms with E-state index >= 15 is 0 Å². The van der Waals surface area contributed by atoms with Crippen LogP contribution < -0.4 is 5.73 Å². The molecule has 0 saturated heterocycles. The molecule has 0 aliphatic heterocycles. The van der Waals surface area contributed by atoms with Gasteiger partial charge in [-0.3, -0.25) is 0 Å². The van der Waals surface area contributed by atoms with Gasteiger partial charge < -0.3 is 10.5 Å². The predicted molar refractivity (Wildman–Crippen MR) is 82.2 cm³/mol. The average molecular weight is 310 g/mol. The highest BCUT2D eigenvalue weighted by molar-refractivity contribution is 7.80. The largest absolute Gasteiger partial charge is 0.389 e. The number of hydrogen-bond donors (Lipinski definition) is 1. The molecule has 0 aliphatic carbocycles. The first kappa shape index (κ1) is 14.9. The van der Waals surface area contributed by atoms with E-state index in [9.17, 15) is 4.39 Å². The lowest BCUT2D eigenvalue weighted by Crippen LogP contribution is -2.13. The number of rotatable bonds is 5. The first-order valence-corrected chi connectivity index (χ1v) is 6.75. The molecule has 0 atom stereocenters. The third-order valence-electron chi connectivity index (χ3n) is 2.78. The molecule has 0 saturated carbocycles. The van der Waals surface area contributed by atoms with E-state index in [2.05, 4.69) is 0 Å². The monoisotopic (exact) mass is 309 g/mol. The molecular formula is C15H13ClFNOS. The van der Waals surface area contributed by atoms with Gasteiger partial charge in [0.2, 0.25) is 0 Å². The third kappa shape index (κ3) is 4.00. The molecule has 2 N–H and O–H groups in total. The molecule has 2 aromatic rings. The fourth-order valence-corrected chi connectivity index (χ4v) is 2.08. The minimum absolute atomic E-state index is 0.162. The SMILES string of the molecule is NC(=S)c1cc(F)ccc1COCc1ccc(Cl)cc1. The van der Waals surface area contributed by atoms with Gasteiger partial charge in [0.25, 0.3) is 0 Å². The lowest BCUT2D eigenvalue weighted by atomic mass is 10.1. The summed E-state index contributed by atoms with van der Waals surface area (Å²) in [6.45, 7) is 0.751. The normalized spacial score (nSPS) is 10.5. The van der Waals surface area contributed by atoms with E-state index in [1.807, 2.05) is 12.1 Å². The number of benzene rings is 2. The summed E-state index contributed by atoms with van der Waals surface area (Å²) in [6.07, 6.45) is 0. The average Bonchev–Trinajstić information content (AvgIpc) is 2.42. The molecule has 5 heteroatoms. The van der Waals surface area contributed by atoms with E-state index in [0.717, 1.165) is 11.1 Å². The van der Waals surface area contributed by atoms with Gasteiger partial charge >= 0.3 is 0 Å². The maximum atomic E-state index is 13.2. The highest BCUT2D eigenvalue weighted by Crippen LogP contribution is 2.15. The van der Waals surface area contributed by atoms with Gasteiger partial charge in [-0.2, -0.15) is 0 Å². The summed E-state index contributed by atoms with van der Waals surface area (Å²) in [5, 5.41) is 0.683. The second kappa shape index (κ2) is 6.79. The zero-order valence-electron chi connectivity index (χ0n) is 10.6. The summed E-state index contributed by atoms with van der Waals surface area (Å²) in [4.78, 5) is 0.162. The standard InChI is InChI=1S/C15H13ClFNOS/c16-12-4-1-10(2-5-12)8-19-9-11-3-6-13(17)7-14(11)15(18)20/h1-7H,8-9H2,(H2,18,20). The maximum Gasteiger partial charge on any atom is 0.123 e. The van der Waals surface area contributed by atoms with Crippen molar-refractivity contribution in [3.05, 3.63) is 70.0 Å². The highest BCUT2D eigenvalue weighted by atomic mass is 35.5. The van der Waals surface area contributed by atoms with Crippen LogP contribution in [0, 0.1) is 5.82 Å². The van der Waals surface area contributed by atoms with Crippen LogP contribution in [0.4, 0.5) is 4.39 Å². The molecule has 2 rings (SSSR count). The van der Waals surface area contributed by atoms with Gasteiger partial charge in [-0.05, 0) is 35.4 Å². The van der Waals surface area contributed by atoms with Crippen LogP contribution in [0.1, 0.15) is 16.7 Å². The fourth-order valence-electron chi connectivity index (χ4n) is 1.76. The van der Waals surface area contributed by atoms with E-state index in [1.54, 1.807) is 18.2 Å². The molecular weight excluding hydrogens is 297 g/mol. The summed E-state index contributed by atoms with van der Waals surface area (Å²) >= 11 is 10.7. The van der Waals surface area contributed by atoms with Gasteiger partial charge in [0.05, 0.1) is 13.2 Å². The van der Waals surface area contributed by atoms with Crippen LogP contribution in [0.15, 0.2) is 42.5 Å². The van der Waals surface area contributed by atoms with Crippen LogP contribution in [0.25, 0.3) is 0 Å². The number of thiocarbonyl (C=S) groups is 1. The first-order chi connectivity index (χ1) is 9.56. The van der Waals surface area contributed by atoms with Crippen molar-refractivity contribution in [2.75, 3.05) is 0 Å². The molecule has 0 amide bonds. The molecule has 0 aliphatic rings. The lowest BCUT2D eigenvalue weighted by Gasteiger charge is -2.09. The minimum atomic E-state index is -0.366. The van der Waals surface area contributed by atoms with Gasteiger partial charge in [0, 0.05) is 10.6 Å². The third-order valence-corrected chi connectivity index (χ3v) is 3.25. The van der Waals surface area contributed by atoms with Crippen molar-refractivity contribution in [2.24, 2.45) is 5.73 Å². The van der Waals surface area contributed by atoms with Crippen LogP contribution in [0.5, 0.6) is 0 Å². The second-order valence-corrected chi connectivity index (χ2v) is 5.16. The summed E-state index contributed by atoms with van der Waals surface area (Å²) < 4.78 is 18.8. The van der Waals surface area contributed by atoms with Crippen LogP contribution in [-0.2, 0) is 18.0 Å². The number of hydrogen-bond acceptors (Lipinski definition) is 2. The van der Waals surface area contributed by atoms with Crippen molar-refractivity contribution in [3.63, 3.8) is 0 Å². The van der Waals surface area contributed by atoms with Crippen molar-refractivity contribution in [1.29, 1.82) is 0 Å². The molecule has 104 valence electrons. The minimum Gasteiger partial charge on any atom is -0.389 e. The van der Waals surface area contributed by atoms with Crippen molar-refractivity contribution >= 4 is 28.8 Å². The molecule has 0 aromatic heterocycles. The van der Waals surface area contributed by atoms with Gasteiger partial charge in [-0.25, -0.2) is 4.39 Å². The fraction of sp³-hybridized carbons (Fsp3) is 0.133. The number of nitrogens with two attached hydrogens (primary N) is 1. The van der Waals surface area contributed by atoms with E-state index < -0.39 is 0 Å². The van der Waals surface area contributed by atoms with E-state index in [-0.39, 0.29) is 10.8 Å². The Kier molecular flexibility index (Phi) is 5.06. The Morgan fingerprint density at radius 3 is 2.50 bits per heavy atom. The Balaban J connectivity index is 2.00. The summed E-state index contributed by atoms with van der Waals surface area (Å²) in [5.74, 6) is -0.366. The van der Waals surface area contributed by atoms with Gasteiger partial charge in [0.1, 0.15) is 10.8 Å². The van der Waals surface area contributed by atoms with Crippen LogP contribution >= 0.6 is 23.8 Å². The van der Waals surface area contributed by atoms with Gasteiger partial charge in [-0.1, -0.05) is 42.0 Å². The van der Waals surface area contributed by atoms with Crippen molar-refractivity contribution in [3.8, 4) is 0 Å². The Hall–Kier alpha value is -1.49. The van der Waals surface area contributed by atoms with Crippen molar-refractivity contribution in [2.45, 2.75) is 13.2 Å². The van der Waals surface area contributed by atoms with Crippen LogP contribution in [0.3, 0.4) is 0 Å². The quantitative estimate of drug-likeness (QED) is 0.853. The molecule has 0 spiro atoms. The zero-order chi connectivity index (χ0) is 14.5. The molecule has 2 aromatic carbocycles. The Morgan fingerprint density at radius 1 is 1.15 bits per heavy atom.